The molecule has 0 spiro atoms. The quantitative estimate of drug-likeness (QED) is 0.0207. The van der Waals surface area contributed by atoms with E-state index < -0.39 is 18.3 Å². The summed E-state index contributed by atoms with van der Waals surface area (Å²) in [4.78, 5) is 32.0. The Morgan fingerprint density at radius 2 is 0.519 bits per heavy atom. The van der Waals surface area contributed by atoms with E-state index in [9.17, 15) is 0 Å². The summed E-state index contributed by atoms with van der Waals surface area (Å²) >= 11 is 0. The van der Waals surface area contributed by atoms with E-state index in [-0.39, 0.29) is 203 Å². The number of carbonyl (C=O) groups excluding carboxylic acids is 4. The van der Waals surface area contributed by atoms with Gasteiger partial charge in [-0.2, -0.15) is 0 Å². The molecule has 6 atom stereocenters. The maximum atomic E-state index is 8.00. The zero-order valence-corrected chi connectivity index (χ0v) is 50.2. The lowest BCUT2D eigenvalue weighted by Crippen LogP contribution is -2.48. The molecule has 0 saturated heterocycles. The molecule has 0 aromatic rings. The average Bonchev–Trinajstić information content (AvgIpc) is 0.886. The standard InChI is InChI=1S/C50H110N8O14.4CH2O.24CH4/c1-5-59-41-55-20-15-45(35-56-42-60-6-2)47(37-58-44-62-8-4)46(36-57-43-61-7-3)38-67-21-9-10-22-68-39-48(70-32-29-64-24-12-17-52)50(72-34-31-66-26-14-19-54)49(71-33-30-65-25-13-18-53)40-69-28-27-63-23-11-16-51;4*1-2;;;;;;;;;;;;;;;;;;;;;;;;/h45-50,55-58H,5-44,51-54H2,1-4H3;4*1H2;24*1H4. The van der Waals surface area contributed by atoms with Crippen molar-refractivity contribution in [2.75, 3.05) is 218 Å². The first-order valence-corrected chi connectivity index (χ1v) is 28.6. The summed E-state index contributed by atoms with van der Waals surface area (Å²) in [6.45, 7) is 33.2. The van der Waals surface area contributed by atoms with Crippen LogP contribution in [0.4, 0.5) is 0 Å². The highest BCUT2D eigenvalue weighted by atomic mass is 16.6. The number of hydrogen-bond donors (Lipinski definition) is 8. The molecule has 26 nitrogen and oxygen atoms in total. The van der Waals surface area contributed by atoms with Crippen LogP contribution in [0.25, 0.3) is 0 Å². The maximum absolute atomic E-state index is 8.00. The summed E-state index contributed by atoms with van der Waals surface area (Å²) < 4.78 is 84.3. The van der Waals surface area contributed by atoms with Crippen molar-refractivity contribution < 1.29 is 85.5 Å². The van der Waals surface area contributed by atoms with E-state index in [1.165, 1.54) is 0 Å². The molecule has 0 saturated carbocycles. The van der Waals surface area contributed by atoms with Gasteiger partial charge in [0, 0.05) is 85.7 Å². The first-order valence-electron chi connectivity index (χ1n) is 28.6. The van der Waals surface area contributed by atoms with Crippen LogP contribution in [0.2, 0.25) is 0 Å². The average molecular weight is 1550 g/mol. The van der Waals surface area contributed by atoms with Crippen LogP contribution in [0.15, 0.2) is 0 Å². The minimum atomic E-state index is -0.583. The van der Waals surface area contributed by atoms with Crippen molar-refractivity contribution in [2.24, 2.45) is 40.7 Å². The minimum Gasteiger partial charge on any atom is -0.381 e. The van der Waals surface area contributed by atoms with E-state index in [2.05, 4.69) is 21.3 Å². The van der Waals surface area contributed by atoms with Crippen LogP contribution in [-0.4, -0.2) is 263 Å². The predicted molar refractivity (Wildman–Crippen MR) is 472 cm³/mol. The Kier molecular flexibility index (Phi) is 346. The van der Waals surface area contributed by atoms with Crippen LogP contribution in [0, 0.1) is 17.8 Å². The molecular weight excluding hydrogens is 1340 g/mol. The van der Waals surface area contributed by atoms with Crippen molar-refractivity contribution in [3.63, 3.8) is 0 Å². The Morgan fingerprint density at radius 3 is 0.837 bits per heavy atom. The Balaban J connectivity index is -0.0000000627. The highest BCUT2D eigenvalue weighted by molar-refractivity contribution is 5.11. The zero-order chi connectivity index (χ0) is 60.5. The summed E-state index contributed by atoms with van der Waals surface area (Å²) in [6.07, 6.45) is 3.97. The maximum Gasteiger partial charge on any atom is 0.114 e. The molecular formula is C78H214N8O18. The highest BCUT2D eigenvalue weighted by Crippen LogP contribution is 2.25. The Labute approximate surface area is 659 Å². The van der Waals surface area contributed by atoms with Crippen molar-refractivity contribution in [1.82, 2.24) is 21.3 Å². The van der Waals surface area contributed by atoms with Gasteiger partial charge >= 0.3 is 0 Å². The molecule has 26 heteroatoms. The van der Waals surface area contributed by atoms with E-state index in [1.54, 1.807) is 0 Å². The number of unbranched alkanes of at least 4 members (excludes halogenated alkanes) is 1. The van der Waals surface area contributed by atoms with Crippen LogP contribution < -0.4 is 44.2 Å². The number of rotatable bonds is 63. The van der Waals surface area contributed by atoms with Gasteiger partial charge in [0.2, 0.25) is 0 Å². The van der Waals surface area contributed by atoms with Gasteiger partial charge < -0.3 is 108 Å². The number of ether oxygens (including phenoxy) is 14. The molecule has 0 aliphatic carbocycles. The molecule has 12 N–H and O–H groups in total. The van der Waals surface area contributed by atoms with Gasteiger partial charge in [0.1, 0.15) is 45.5 Å². The predicted octanol–water partition coefficient (Wildman–Crippen LogP) is 15.5. The van der Waals surface area contributed by atoms with Crippen LogP contribution in [0.3, 0.4) is 0 Å². The molecule has 0 bridgehead atoms. The Hall–Kier alpha value is -2.20. The molecule has 0 amide bonds. The summed E-state index contributed by atoms with van der Waals surface area (Å²) in [5.41, 5.74) is 22.7. The highest BCUT2D eigenvalue weighted by Gasteiger charge is 2.34. The van der Waals surface area contributed by atoms with Crippen molar-refractivity contribution in [2.45, 2.75) is 269 Å². The van der Waals surface area contributed by atoms with Gasteiger partial charge in [-0.05, 0) is 123 Å². The molecule has 0 radical (unpaired) electrons. The number of hydrogen-bond acceptors (Lipinski definition) is 26. The fourth-order valence-corrected chi connectivity index (χ4v) is 7.29. The normalized spacial score (nSPS) is 10.2. The summed E-state index contributed by atoms with van der Waals surface area (Å²) in [5, 5.41) is 14.1. The minimum absolute atomic E-state index is 0. The van der Waals surface area contributed by atoms with Gasteiger partial charge in [0.05, 0.1) is 99.6 Å². The third-order valence-corrected chi connectivity index (χ3v) is 11.2. The first-order chi connectivity index (χ1) is 39.6. The van der Waals surface area contributed by atoms with E-state index in [0.717, 1.165) is 71.1 Å². The van der Waals surface area contributed by atoms with Crippen LogP contribution in [-0.2, 0) is 85.5 Å². The third kappa shape index (κ3) is 142. The molecule has 0 aliphatic heterocycles. The first kappa shape index (κ1) is 195. The van der Waals surface area contributed by atoms with E-state index in [4.69, 9.17) is 108 Å². The SMILES string of the molecule is C.C.C.C.C.C.C.C.C.C.C.C.C.C.C.C.C.C.C.C.C.C.C.C.C=O.C=O.C=O.C=O.CCOCNCCC(CNCOCC)C(CNCOCC)C(CNCOCC)COCCCCOCC(OCCOCCCN)C(OCCOCCCN)C(COCCOCCCN)OCCOCCCN. The number of nitrogens with one attached hydrogen (secondary N) is 4. The number of nitrogens with two attached hydrogens (primary N) is 4. The topological polar surface area (TPSA) is 350 Å². The summed E-state index contributed by atoms with van der Waals surface area (Å²) in [6, 6.07) is 0. The monoisotopic (exact) mass is 1550 g/mol. The lowest BCUT2D eigenvalue weighted by atomic mass is 9.79. The molecule has 0 aromatic heterocycles. The lowest BCUT2D eigenvalue weighted by Gasteiger charge is -2.35. The van der Waals surface area contributed by atoms with Crippen LogP contribution >= 0.6 is 0 Å². The fourth-order valence-electron chi connectivity index (χ4n) is 7.29. The largest absolute Gasteiger partial charge is 0.381 e. The third-order valence-electron chi connectivity index (χ3n) is 11.2. The van der Waals surface area contributed by atoms with Gasteiger partial charge in [-0.3, -0.25) is 21.3 Å². The fraction of sp³-hybridized carbons (Fsp3) is 0.949. The Morgan fingerprint density at radius 1 is 0.269 bits per heavy atom. The summed E-state index contributed by atoms with van der Waals surface area (Å²) in [7, 11) is 0. The lowest BCUT2D eigenvalue weighted by molar-refractivity contribution is -0.179. The Bertz CT molecular complexity index is 1110. The van der Waals surface area contributed by atoms with Gasteiger partial charge in [0.25, 0.3) is 0 Å². The van der Waals surface area contributed by atoms with Crippen molar-refractivity contribution in [3.05, 3.63) is 0 Å². The smallest absolute Gasteiger partial charge is 0.114 e. The van der Waals surface area contributed by atoms with Crippen molar-refractivity contribution in [1.29, 1.82) is 0 Å². The van der Waals surface area contributed by atoms with Gasteiger partial charge in [0.15, 0.2) is 0 Å². The second-order valence-electron chi connectivity index (χ2n) is 17.0. The molecule has 104 heavy (non-hydrogen) atoms. The van der Waals surface area contributed by atoms with E-state index in [1.807, 2.05) is 54.9 Å². The van der Waals surface area contributed by atoms with Crippen molar-refractivity contribution >= 4 is 27.2 Å². The molecule has 0 aliphatic rings. The molecule has 6 unspecified atom stereocenters. The van der Waals surface area contributed by atoms with Gasteiger partial charge in [-0.15, -0.1) is 0 Å². The van der Waals surface area contributed by atoms with Gasteiger partial charge in [-0.25, -0.2) is 0 Å². The molecule has 0 heterocycles. The van der Waals surface area contributed by atoms with Crippen LogP contribution in [0.5, 0.6) is 0 Å². The molecule has 0 fully saturated rings. The van der Waals surface area contributed by atoms with Gasteiger partial charge in [-0.1, -0.05) is 178 Å². The van der Waals surface area contributed by atoms with Crippen molar-refractivity contribution in [3.8, 4) is 0 Å². The van der Waals surface area contributed by atoms with Crippen LogP contribution in [0.1, 0.15) is 251 Å². The summed E-state index contributed by atoms with van der Waals surface area (Å²) in [5.74, 6) is 0.737. The number of carbonyl (C=O) groups is 4. The molecule has 0 aromatic carbocycles. The van der Waals surface area contributed by atoms with E-state index in [0.29, 0.717) is 185 Å². The van der Waals surface area contributed by atoms with E-state index >= 15 is 0 Å². The second-order valence-corrected chi connectivity index (χ2v) is 17.0. The zero-order valence-electron chi connectivity index (χ0n) is 50.2. The molecule has 674 valence electrons. The second kappa shape index (κ2) is 184. The molecule has 0 rings (SSSR count).